The monoisotopic (exact) mass is 370 g/mol. The fraction of sp³-hybridized carbons (Fsp3) is 0.381. The van der Waals surface area contributed by atoms with Gasteiger partial charge in [0.15, 0.2) is 11.5 Å². The smallest absolute Gasteiger partial charge is 0.240 e. The highest BCUT2D eigenvalue weighted by Gasteiger charge is 2.18. The van der Waals surface area contributed by atoms with E-state index >= 15 is 0 Å². The number of benzene rings is 2. The summed E-state index contributed by atoms with van der Waals surface area (Å²) in [6.45, 7) is 3.68. The molecule has 1 fully saturated rings. The Morgan fingerprint density at radius 2 is 1.81 bits per heavy atom. The zero-order chi connectivity index (χ0) is 18.9. The number of carbonyl (C=O) groups is 1. The number of piperazine rings is 1. The number of methoxy groups -OCH3 is 1. The van der Waals surface area contributed by atoms with Crippen LogP contribution in [0, 0.1) is 0 Å². The van der Waals surface area contributed by atoms with Gasteiger partial charge in [-0.3, -0.25) is 4.79 Å². The molecular formula is C21H26N2O4. The number of para-hydroxylation sites is 2. The number of anilines is 1. The molecule has 6 heteroatoms. The lowest BCUT2D eigenvalue weighted by molar-refractivity contribution is -0.118. The third-order valence-electron chi connectivity index (χ3n) is 4.37. The van der Waals surface area contributed by atoms with E-state index in [4.69, 9.17) is 14.2 Å². The molecule has 0 spiro atoms. The fourth-order valence-corrected chi connectivity index (χ4v) is 2.92. The molecule has 1 amide bonds. The van der Waals surface area contributed by atoms with E-state index in [0.717, 1.165) is 35.7 Å². The molecular weight excluding hydrogens is 344 g/mol. The molecule has 0 aliphatic carbocycles. The highest BCUT2D eigenvalue weighted by Crippen LogP contribution is 2.25. The second-order valence-corrected chi connectivity index (χ2v) is 6.29. The Morgan fingerprint density at radius 1 is 1.04 bits per heavy atom. The van der Waals surface area contributed by atoms with Gasteiger partial charge in [0.05, 0.1) is 33.5 Å². The van der Waals surface area contributed by atoms with Crippen molar-refractivity contribution in [3.8, 4) is 11.5 Å². The summed E-state index contributed by atoms with van der Waals surface area (Å²) in [5.74, 6) is 1.60. The number of nitrogens with one attached hydrogen (secondary N) is 1. The summed E-state index contributed by atoms with van der Waals surface area (Å²) in [7, 11) is 1.63. The predicted molar refractivity (Wildman–Crippen MR) is 104 cm³/mol. The van der Waals surface area contributed by atoms with Crippen LogP contribution in [0.25, 0.3) is 0 Å². The number of hydrogen-bond acceptors (Lipinski definition) is 5. The van der Waals surface area contributed by atoms with Gasteiger partial charge in [-0.05, 0) is 29.8 Å². The minimum atomic E-state index is 0.111. The minimum absolute atomic E-state index is 0.111. The van der Waals surface area contributed by atoms with E-state index in [9.17, 15) is 4.79 Å². The van der Waals surface area contributed by atoms with Gasteiger partial charge in [-0.2, -0.15) is 0 Å². The van der Waals surface area contributed by atoms with Gasteiger partial charge in [-0.1, -0.05) is 24.3 Å². The van der Waals surface area contributed by atoms with Crippen LogP contribution in [0.5, 0.6) is 11.5 Å². The molecule has 2 aromatic rings. The van der Waals surface area contributed by atoms with E-state index in [1.807, 2.05) is 53.4 Å². The van der Waals surface area contributed by atoms with Crippen LogP contribution < -0.4 is 19.7 Å². The number of ether oxygens (including phenoxy) is 3. The van der Waals surface area contributed by atoms with E-state index in [0.29, 0.717) is 32.9 Å². The first-order valence-electron chi connectivity index (χ1n) is 9.21. The van der Waals surface area contributed by atoms with Gasteiger partial charge in [-0.15, -0.1) is 0 Å². The second kappa shape index (κ2) is 9.94. The fourth-order valence-electron chi connectivity index (χ4n) is 2.92. The molecule has 27 heavy (non-hydrogen) atoms. The van der Waals surface area contributed by atoms with Crippen molar-refractivity contribution in [3.63, 3.8) is 0 Å². The van der Waals surface area contributed by atoms with E-state index in [1.54, 1.807) is 7.11 Å². The number of amides is 1. The number of rotatable bonds is 9. The van der Waals surface area contributed by atoms with Crippen molar-refractivity contribution in [1.82, 2.24) is 5.32 Å². The summed E-state index contributed by atoms with van der Waals surface area (Å²) in [6.07, 6.45) is 0.797. The average Bonchev–Trinajstić information content (AvgIpc) is 2.72. The van der Waals surface area contributed by atoms with Gasteiger partial charge in [0.1, 0.15) is 0 Å². The number of carbonyl (C=O) groups excluding carboxylic acids is 1. The molecule has 0 aromatic heterocycles. The lowest BCUT2D eigenvalue weighted by atomic mass is 10.2. The first-order valence-corrected chi connectivity index (χ1v) is 9.21. The quantitative estimate of drug-likeness (QED) is 0.688. The zero-order valence-electron chi connectivity index (χ0n) is 15.6. The van der Waals surface area contributed by atoms with Gasteiger partial charge >= 0.3 is 0 Å². The number of nitrogens with zero attached hydrogens (tertiary/aromatic N) is 1. The van der Waals surface area contributed by atoms with E-state index < -0.39 is 0 Å². The van der Waals surface area contributed by atoms with E-state index in [1.165, 1.54) is 0 Å². The van der Waals surface area contributed by atoms with Crippen molar-refractivity contribution in [2.75, 3.05) is 44.9 Å². The van der Waals surface area contributed by atoms with Crippen molar-refractivity contribution >= 4 is 11.6 Å². The van der Waals surface area contributed by atoms with Crippen LogP contribution in [0.2, 0.25) is 0 Å². The van der Waals surface area contributed by atoms with Gasteiger partial charge < -0.3 is 24.4 Å². The SMILES string of the molecule is COc1ccccc1OCCCOCc1ccc(N2CCNCC2=O)cc1. The molecule has 1 saturated heterocycles. The molecule has 3 rings (SSSR count). The van der Waals surface area contributed by atoms with Crippen molar-refractivity contribution in [2.24, 2.45) is 0 Å². The van der Waals surface area contributed by atoms with Crippen LogP contribution in [0.1, 0.15) is 12.0 Å². The molecule has 1 aliphatic rings. The highest BCUT2D eigenvalue weighted by molar-refractivity contribution is 5.95. The van der Waals surface area contributed by atoms with Crippen molar-refractivity contribution in [1.29, 1.82) is 0 Å². The highest BCUT2D eigenvalue weighted by atomic mass is 16.5. The van der Waals surface area contributed by atoms with Crippen molar-refractivity contribution in [2.45, 2.75) is 13.0 Å². The van der Waals surface area contributed by atoms with Gasteiger partial charge in [0.2, 0.25) is 5.91 Å². The summed E-state index contributed by atoms with van der Waals surface area (Å²) in [5, 5.41) is 3.08. The maximum Gasteiger partial charge on any atom is 0.240 e. The van der Waals surface area contributed by atoms with Gasteiger partial charge in [0, 0.05) is 25.2 Å². The zero-order valence-corrected chi connectivity index (χ0v) is 15.6. The van der Waals surface area contributed by atoms with E-state index in [-0.39, 0.29) is 5.91 Å². The maximum atomic E-state index is 11.9. The molecule has 0 saturated carbocycles. The maximum absolute atomic E-state index is 11.9. The van der Waals surface area contributed by atoms with Gasteiger partial charge in [-0.25, -0.2) is 0 Å². The van der Waals surface area contributed by atoms with Crippen LogP contribution in [0.15, 0.2) is 48.5 Å². The first-order chi connectivity index (χ1) is 13.3. The molecule has 0 bridgehead atoms. The molecule has 2 aromatic carbocycles. The Bertz CT molecular complexity index is 733. The van der Waals surface area contributed by atoms with Crippen LogP contribution in [-0.4, -0.2) is 45.9 Å². The molecule has 1 aliphatic heterocycles. The second-order valence-electron chi connectivity index (χ2n) is 6.29. The molecule has 0 radical (unpaired) electrons. The van der Waals surface area contributed by atoms with Gasteiger partial charge in [0.25, 0.3) is 0 Å². The molecule has 144 valence electrons. The molecule has 1 N–H and O–H groups in total. The first kappa shape index (κ1) is 19.2. The topological polar surface area (TPSA) is 60.0 Å². The lowest BCUT2D eigenvalue weighted by Crippen LogP contribution is -2.48. The van der Waals surface area contributed by atoms with Crippen LogP contribution in [0.3, 0.4) is 0 Å². The van der Waals surface area contributed by atoms with Crippen LogP contribution in [-0.2, 0) is 16.1 Å². The third kappa shape index (κ3) is 5.45. The lowest BCUT2D eigenvalue weighted by Gasteiger charge is -2.27. The summed E-state index contributed by atoms with van der Waals surface area (Å²) in [4.78, 5) is 13.7. The largest absolute Gasteiger partial charge is 0.493 e. The molecule has 6 nitrogen and oxygen atoms in total. The normalized spacial score (nSPS) is 14.3. The Labute approximate surface area is 160 Å². The number of hydrogen-bond donors (Lipinski definition) is 1. The Kier molecular flexibility index (Phi) is 7.07. The summed E-state index contributed by atoms with van der Waals surface area (Å²) < 4.78 is 16.7. The van der Waals surface area contributed by atoms with Crippen molar-refractivity contribution in [3.05, 3.63) is 54.1 Å². The average molecular weight is 370 g/mol. The Balaban J connectivity index is 1.36. The molecule has 0 unspecified atom stereocenters. The standard InChI is InChI=1S/C21H26N2O4/c1-25-19-5-2-3-6-20(19)27-14-4-13-26-16-17-7-9-18(10-8-17)23-12-11-22-15-21(23)24/h2-3,5-10,22H,4,11-16H2,1H3. The third-order valence-corrected chi connectivity index (χ3v) is 4.37. The summed E-state index contributed by atoms with van der Waals surface area (Å²) in [6, 6.07) is 15.6. The summed E-state index contributed by atoms with van der Waals surface area (Å²) >= 11 is 0. The molecule has 1 heterocycles. The van der Waals surface area contributed by atoms with Crippen LogP contribution in [0.4, 0.5) is 5.69 Å². The van der Waals surface area contributed by atoms with Crippen molar-refractivity contribution < 1.29 is 19.0 Å². The minimum Gasteiger partial charge on any atom is -0.493 e. The van der Waals surface area contributed by atoms with E-state index in [2.05, 4.69) is 5.32 Å². The predicted octanol–water partition coefficient (Wildman–Crippen LogP) is 2.62. The molecule has 0 atom stereocenters. The Hall–Kier alpha value is -2.57. The Morgan fingerprint density at radius 3 is 2.56 bits per heavy atom. The summed E-state index contributed by atoms with van der Waals surface area (Å²) in [5.41, 5.74) is 2.03. The van der Waals surface area contributed by atoms with Crippen LogP contribution >= 0.6 is 0 Å².